The first kappa shape index (κ1) is 18.9. The predicted octanol–water partition coefficient (Wildman–Crippen LogP) is 3.33. The van der Waals surface area contributed by atoms with Gasteiger partial charge in [0, 0.05) is 43.7 Å². The maximum atomic E-state index is 13.2. The fraction of sp³-hybridized carbons (Fsp3) is 0.273. The zero-order valence-electron chi connectivity index (χ0n) is 17.3. The SMILES string of the molecule is Cc1ccc(-c2ccnc3c(C(=O)N(C)Cc4c(C)nn(C)c4C)cnn23)cc1. The third-order valence-electron chi connectivity index (χ3n) is 5.38. The molecule has 4 aromatic rings. The average molecular weight is 388 g/mol. The van der Waals surface area contributed by atoms with E-state index in [0.29, 0.717) is 17.8 Å². The molecule has 0 unspecified atom stereocenters. The molecule has 0 saturated heterocycles. The molecule has 0 fully saturated rings. The molecule has 3 heterocycles. The topological polar surface area (TPSA) is 68.3 Å². The number of benzene rings is 1. The minimum atomic E-state index is -0.115. The van der Waals surface area contributed by atoms with Gasteiger partial charge in [-0.25, -0.2) is 9.50 Å². The number of fused-ring (bicyclic) bond motifs is 1. The standard InChI is InChI=1S/C22H24N6O/c1-14-6-8-17(9-7-14)20-10-11-23-21-18(12-24-28(20)21)22(29)26(4)13-19-15(2)25-27(5)16(19)3/h6-12H,13H2,1-5H3. The van der Waals surface area contributed by atoms with Crippen LogP contribution in [-0.2, 0) is 13.6 Å². The molecule has 1 aromatic carbocycles. The Morgan fingerprint density at radius 2 is 1.83 bits per heavy atom. The van der Waals surface area contributed by atoms with Crippen LogP contribution in [0.15, 0.2) is 42.7 Å². The second kappa shape index (κ2) is 7.16. The molecule has 0 bridgehead atoms. The Labute approximate surface area is 169 Å². The van der Waals surface area contributed by atoms with Crippen LogP contribution in [0, 0.1) is 20.8 Å². The van der Waals surface area contributed by atoms with Gasteiger partial charge in [-0.15, -0.1) is 0 Å². The Hall–Kier alpha value is -3.48. The van der Waals surface area contributed by atoms with Gasteiger partial charge in [0.1, 0.15) is 5.56 Å². The summed E-state index contributed by atoms with van der Waals surface area (Å²) in [5.41, 5.74) is 7.22. The monoisotopic (exact) mass is 388 g/mol. The van der Waals surface area contributed by atoms with E-state index in [1.807, 2.05) is 43.8 Å². The minimum Gasteiger partial charge on any atom is -0.337 e. The molecule has 3 aromatic heterocycles. The van der Waals surface area contributed by atoms with Crippen molar-refractivity contribution in [3.05, 3.63) is 70.8 Å². The molecule has 148 valence electrons. The fourth-order valence-corrected chi connectivity index (χ4v) is 3.55. The van der Waals surface area contributed by atoms with Gasteiger partial charge in [0.05, 0.1) is 17.6 Å². The smallest absolute Gasteiger partial charge is 0.259 e. The molecule has 0 radical (unpaired) electrons. The third-order valence-corrected chi connectivity index (χ3v) is 5.38. The summed E-state index contributed by atoms with van der Waals surface area (Å²) >= 11 is 0. The second-order valence-electron chi connectivity index (χ2n) is 7.42. The summed E-state index contributed by atoms with van der Waals surface area (Å²) in [4.78, 5) is 19.3. The van der Waals surface area contributed by atoms with Gasteiger partial charge in [0.15, 0.2) is 5.65 Å². The van der Waals surface area contributed by atoms with E-state index in [1.165, 1.54) is 5.56 Å². The zero-order chi connectivity index (χ0) is 20.7. The van der Waals surface area contributed by atoms with E-state index in [-0.39, 0.29) is 5.91 Å². The lowest BCUT2D eigenvalue weighted by atomic mass is 10.1. The fourth-order valence-electron chi connectivity index (χ4n) is 3.55. The summed E-state index contributed by atoms with van der Waals surface area (Å²) in [6.45, 7) is 6.52. The van der Waals surface area contributed by atoms with Gasteiger partial charge < -0.3 is 4.90 Å². The minimum absolute atomic E-state index is 0.115. The Morgan fingerprint density at radius 1 is 1.10 bits per heavy atom. The quantitative estimate of drug-likeness (QED) is 0.538. The van der Waals surface area contributed by atoms with Crippen LogP contribution >= 0.6 is 0 Å². The van der Waals surface area contributed by atoms with Crippen molar-refractivity contribution in [3.63, 3.8) is 0 Å². The van der Waals surface area contributed by atoms with Crippen LogP contribution in [0.1, 0.15) is 32.9 Å². The van der Waals surface area contributed by atoms with E-state index >= 15 is 0 Å². The molecule has 0 aliphatic carbocycles. The van der Waals surface area contributed by atoms with E-state index in [4.69, 9.17) is 0 Å². The predicted molar refractivity (Wildman–Crippen MR) is 112 cm³/mol. The number of amides is 1. The molecule has 0 N–H and O–H groups in total. The van der Waals surface area contributed by atoms with Gasteiger partial charge >= 0.3 is 0 Å². The molecule has 4 rings (SSSR count). The molecule has 0 saturated carbocycles. The van der Waals surface area contributed by atoms with Crippen molar-refractivity contribution in [3.8, 4) is 11.3 Å². The van der Waals surface area contributed by atoms with E-state index in [9.17, 15) is 4.79 Å². The second-order valence-corrected chi connectivity index (χ2v) is 7.42. The van der Waals surface area contributed by atoms with Crippen LogP contribution in [0.5, 0.6) is 0 Å². The summed E-state index contributed by atoms with van der Waals surface area (Å²) in [5.74, 6) is -0.115. The van der Waals surface area contributed by atoms with Crippen molar-refractivity contribution in [1.29, 1.82) is 0 Å². The highest BCUT2D eigenvalue weighted by Gasteiger charge is 2.21. The molecular weight excluding hydrogens is 364 g/mol. The first-order valence-corrected chi connectivity index (χ1v) is 9.51. The summed E-state index contributed by atoms with van der Waals surface area (Å²) < 4.78 is 3.57. The lowest BCUT2D eigenvalue weighted by Crippen LogP contribution is -2.26. The highest BCUT2D eigenvalue weighted by atomic mass is 16.2. The van der Waals surface area contributed by atoms with Gasteiger partial charge in [-0.3, -0.25) is 9.48 Å². The van der Waals surface area contributed by atoms with Crippen molar-refractivity contribution in [2.45, 2.75) is 27.3 Å². The molecule has 0 atom stereocenters. The third kappa shape index (κ3) is 3.29. The Morgan fingerprint density at radius 3 is 2.48 bits per heavy atom. The van der Waals surface area contributed by atoms with Gasteiger partial charge in [0.25, 0.3) is 5.91 Å². The van der Waals surface area contributed by atoms with Crippen molar-refractivity contribution >= 4 is 11.6 Å². The number of hydrogen-bond acceptors (Lipinski definition) is 4. The number of aromatic nitrogens is 5. The molecule has 7 heteroatoms. The highest BCUT2D eigenvalue weighted by molar-refractivity contribution is 5.99. The van der Waals surface area contributed by atoms with Crippen molar-refractivity contribution < 1.29 is 4.79 Å². The maximum absolute atomic E-state index is 13.2. The highest BCUT2D eigenvalue weighted by Crippen LogP contribution is 2.22. The van der Waals surface area contributed by atoms with Crippen LogP contribution in [0.3, 0.4) is 0 Å². The van der Waals surface area contributed by atoms with E-state index in [2.05, 4.69) is 34.2 Å². The normalized spacial score (nSPS) is 11.2. The lowest BCUT2D eigenvalue weighted by molar-refractivity contribution is 0.0786. The number of carbonyl (C=O) groups excluding carboxylic acids is 1. The molecule has 1 amide bonds. The van der Waals surface area contributed by atoms with Crippen LogP contribution < -0.4 is 0 Å². The van der Waals surface area contributed by atoms with Gasteiger partial charge in [-0.1, -0.05) is 29.8 Å². The van der Waals surface area contributed by atoms with Crippen LogP contribution in [0.2, 0.25) is 0 Å². The first-order valence-electron chi connectivity index (χ1n) is 9.51. The Kier molecular flexibility index (Phi) is 4.66. The lowest BCUT2D eigenvalue weighted by Gasteiger charge is -2.17. The maximum Gasteiger partial charge on any atom is 0.259 e. The number of nitrogens with zero attached hydrogens (tertiary/aromatic N) is 6. The molecule has 7 nitrogen and oxygen atoms in total. The van der Waals surface area contributed by atoms with Crippen molar-refractivity contribution in [2.75, 3.05) is 7.05 Å². The van der Waals surface area contributed by atoms with Gasteiger partial charge in [-0.05, 0) is 26.8 Å². The molecule has 0 aliphatic heterocycles. The van der Waals surface area contributed by atoms with Gasteiger partial charge in [-0.2, -0.15) is 10.2 Å². The van der Waals surface area contributed by atoms with Gasteiger partial charge in [0.2, 0.25) is 0 Å². The summed E-state index contributed by atoms with van der Waals surface area (Å²) in [6, 6.07) is 10.1. The number of rotatable bonds is 4. The van der Waals surface area contributed by atoms with E-state index in [1.54, 1.807) is 28.9 Å². The van der Waals surface area contributed by atoms with Crippen LogP contribution in [0.4, 0.5) is 0 Å². The summed E-state index contributed by atoms with van der Waals surface area (Å²) in [5, 5.41) is 8.89. The number of hydrogen-bond donors (Lipinski definition) is 0. The molecule has 29 heavy (non-hydrogen) atoms. The molecule has 0 aliphatic rings. The summed E-state index contributed by atoms with van der Waals surface area (Å²) in [6.07, 6.45) is 3.32. The largest absolute Gasteiger partial charge is 0.337 e. The Bertz CT molecular complexity index is 1200. The number of carbonyl (C=O) groups is 1. The van der Waals surface area contributed by atoms with Crippen molar-refractivity contribution in [1.82, 2.24) is 29.3 Å². The molecule has 0 spiro atoms. The Balaban J connectivity index is 1.68. The first-order chi connectivity index (χ1) is 13.9. The van der Waals surface area contributed by atoms with Crippen LogP contribution in [-0.4, -0.2) is 42.2 Å². The van der Waals surface area contributed by atoms with E-state index in [0.717, 1.165) is 28.2 Å². The molecular formula is C22H24N6O. The van der Waals surface area contributed by atoms with E-state index < -0.39 is 0 Å². The zero-order valence-corrected chi connectivity index (χ0v) is 17.3. The van der Waals surface area contributed by atoms with Crippen molar-refractivity contribution in [2.24, 2.45) is 7.05 Å². The average Bonchev–Trinajstić information content (AvgIpc) is 3.24. The summed E-state index contributed by atoms with van der Waals surface area (Å²) in [7, 11) is 3.71. The number of aryl methyl sites for hydroxylation is 3. The van der Waals surface area contributed by atoms with Crippen LogP contribution in [0.25, 0.3) is 16.9 Å².